The van der Waals surface area contributed by atoms with E-state index in [-0.39, 0.29) is 18.0 Å². The molecule has 0 aliphatic carbocycles. The number of nitrogens with zero attached hydrogens (tertiary/aromatic N) is 3. The molecule has 0 N–H and O–H groups in total. The van der Waals surface area contributed by atoms with Gasteiger partial charge in [0.25, 0.3) is 0 Å². The molecule has 0 bridgehead atoms. The third-order valence-electron chi connectivity index (χ3n) is 4.98. The molecule has 0 unspecified atom stereocenters. The number of likely N-dealkylation sites (tertiary alicyclic amines) is 1. The molecule has 0 amide bonds. The highest BCUT2D eigenvalue weighted by molar-refractivity contribution is 5.82. The molecule has 127 valence electrons. The molecule has 1 aromatic rings. The van der Waals surface area contributed by atoms with E-state index in [9.17, 15) is 8.78 Å². The number of rotatable bonds is 3. The molecule has 2 saturated heterocycles. The molecule has 4 nitrogen and oxygen atoms in total. The molecule has 1 radical (unpaired) electrons. The zero-order chi connectivity index (χ0) is 16.5. The van der Waals surface area contributed by atoms with Gasteiger partial charge in [0, 0.05) is 24.3 Å². The summed E-state index contributed by atoms with van der Waals surface area (Å²) in [6, 6.07) is 3.44. The smallest absolute Gasteiger partial charge is 0.159 e. The second kappa shape index (κ2) is 6.51. The maximum absolute atomic E-state index is 14.2. The molecular weight excluding hydrogens is 312 g/mol. The number of hydrogen-bond donors (Lipinski definition) is 0. The quantitative estimate of drug-likeness (QED) is 0.850. The fraction of sp³-hybridized carbons (Fsp3) is 0.500. The van der Waals surface area contributed by atoms with Gasteiger partial charge in [0.1, 0.15) is 11.6 Å². The summed E-state index contributed by atoms with van der Waals surface area (Å²) in [6.07, 6.45) is 6.60. The van der Waals surface area contributed by atoms with Crippen molar-refractivity contribution in [2.45, 2.75) is 44.2 Å². The van der Waals surface area contributed by atoms with Gasteiger partial charge in [0.05, 0.1) is 18.4 Å². The maximum atomic E-state index is 14.2. The highest BCUT2D eigenvalue weighted by atomic mass is 19.1. The van der Waals surface area contributed by atoms with Gasteiger partial charge in [0.2, 0.25) is 0 Å². The predicted molar refractivity (Wildman–Crippen MR) is 86.3 cm³/mol. The third-order valence-corrected chi connectivity index (χ3v) is 4.98. The fourth-order valence-electron chi connectivity index (χ4n) is 3.81. The summed E-state index contributed by atoms with van der Waals surface area (Å²) >= 11 is 0. The number of halogens is 2. The van der Waals surface area contributed by atoms with Gasteiger partial charge in [-0.3, -0.25) is 0 Å². The molecule has 24 heavy (non-hydrogen) atoms. The van der Waals surface area contributed by atoms with Gasteiger partial charge in [-0.25, -0.2) is 8.78 Å². The van der Waals surface area contributed by atoms with Crippen LogP contribution in [0.4, 0.5) is 8.78 Å². The number of ether oxygens (including phenoxy) is 1. The number of hydrogen-bond acceptors (Lipinski definition) is 3. The minimum Gasteiger partial charge on any atom is -0.373 e. The van der Waals surface area contributed by atoms with Gasteiger partial charge in [-0.1, -0.05) is 0 Å². The monoisotopic (exact) mass is 332 g/mol. The van der Waals surface area contributed by atoms with Crippen LogP contribution in [0.3, 0.4) is 0 Å². The SMILES string of the molecule is Fc1ccc(F)c([C@H]2CCCN2C2=C([C@H]3CCCCO3)C=N[N]2)c1. The maximum Gasteiger partial charge on any atom is 0.159 e. The van der Waals surface area contributed by atoms with Crippen LogP contribution in [0.2, 0.25) is 0 Å². The van der Waals surface area contributed by atoms with Crippen LogP contribution in [-0.4, -0.2) is 30.4 Å². The molecule has 2 fully saturated rings. The first kappa shape index (κ1) is 15.6. The molecule has 0 spiro atoms. The molecule has 3 aliphatic rings. The standard InChI is InChI=1S/C18H20F2N3O/c19-12-6-7-15(20)13(10-12)16-4-3-8-23(16)18-14(11-21-22-18)17-5-1-2-9-24-17/h6-7,10-11,16-17H,1-5,8-9H2/t16-,17-/m1/s1. The lowest BCUT2D eigenvalue weighted by Gasteiger charge is -2.30. The topological polar surface area (TPSA) is 38.9 Å². The average molecular weight is 332 g/mol. The van der Waals surface area contributed by atoms with E-state index in [0.29, 0.717) is 5.56 Å². The predicted octanol–water partition coefficient (Wildman–Crippen LogP) is 3.49. The molecule has 1 aromatic carbocycles. The van der Waals surface area contributed by atoms with Crippen LogP contribution in [0.15, 0.2) is 34.7 Å². The first-order valence-electron chi connectivity index (χ1n) is 8.55. The van der Waals surface area contributed by atoms with Crippen molar-refractivity contribution in [3.63, 3.8) is 0 Å². The van der Waals surface area contributed by atoms with Crippen molar-refractivity contribution >= 4 is 6.21 Å². The minimum absolute atomic E-state index is 0.00218. The lowest BCUT2D eigenvalue weighted by atomic mass is 10.0. The van der Waals surface area contributed by atoms with Gasteiger partial charge >= 0.3 is 0 Å². The van der Waals surface area contributed by atoms with E-state index in [1.165, 1.54) is 12.1 Å². The third kappa shape index (κ3) is 2.79. The zero-order valence-corrected chi connectivity index (χ0v) is 13.4. The molecule has 6 heteroatoms. The molecular formula is C18H20F2N3O. The summed E-state index contributed by atoms with van der Waals surface area (Å²) in [4.78, 5) is 2.05. The normalized spacial score (nSPS) is 27.0. The Morgan fingerprint density at radius 2 is 2.04 bits per heavy atom. The lowest BCUT2D eigenvalue weighted by Crippen LogP contribution is -2.30. The molecule has 3 heterocycles. The second-order valence-corrected chi connectivity index (χ2v) is 6.50. The highest BCUT2D eigenvalue weighted by Gasteiger charge is 2.35. The largest absolute Gasteiger partial charge is 0.373 e. The van der Waals surface area contributed by atoms with Crippen molar-refractivity contribution in [1.82, 2.24) is 10.3 Å². The van der Waals surface area contributed by atoms with E-state index >= 15 is 0 Å². The van der Waals surface area contributed by atoms with Crippen LogP contribution in [0.1, 0.15) is 43.7 Å². The Morgan fingerprint density at radius 1 is 1.12 bits per heavy atom. The Morgan fingerprint density at radius 3 is 2.88 bits per heavy atom. The van der Waals surface area contributed by atoms with E-state index < -0.39 is 5.82 Å². The van der Waals surface area contributed by atoms with Gasteiger partial charge in [0.15, 0.2) is 5.82 Å². The Kier molecular flexibility index (Phi) is 4.22. The van der Waals surface area contributed by atoms with Crippen LogP contribution in [0.25, 0.3) is 0 Å². The van der Waals surface area contributed by atoms with Crippen molar-refractivity contribution in [2.24, 2.45) is 5.10 Å². The van der Waals surface area contributed by atoms with Crippen LogP contribution >= 0.6 is 0 Å². The van der Waals surface area contributed by atoms with Crippen LogP contribution < -0.4 is 5.43 Å². The highest BCUT2D eigenvalue weighted by Crippen LogP contribution is 2.38. The summed E-state index contributed by atoms with van der Waals surface area (Å²) in [5.74, 6) is -0.0287. The van der Waals surface area contributed by atoms with E-state index in [1.54, 1.807) is 6.21 Å². The Balaban J connectivity index is 1.65. The summed E-state index contributed by atoms with van der Waals surface area (Å²) in [7, 11) is 0. The van der Waals surface area contributed by atoms with E-state index in [0.717, 1.165) is 62.7 Å². The molecule has 0 saturated carbocycles. The van der Waals surface area contributed by atoms with Gasteiger partial charge in [-0.15, -0.1) is 5.43 Å². The summed E-state index contributed by atoms with van der Waals surface area (Å²) in [5, 5.41) is 4.07. The van der Waals surface area contributed by atoms with Gasteiger partial charge < -0.3 is 9.64 Å². The minimum atomic E-state index is -0.414. The van der Waals surface area contributed by atoms with Crippen molar-refractivity contribution in [2.75, 3.05) is 13.2 Å². The molecule has 4 rings (SSSR count). The van der Waals surface area contributed by atoms with Crippen LogP contribution in [-0.2, 0) is 4.74 Å². The molecule has 2 atom stereocenters. The fourth-order valence-corrected chi connectivity index (χ4v) is 3.81. The van der Waals surface area contributed by atoms with Crippen molar-refractivity contribution in [1.29, 1.82) is 0 Å². The van der Waals surface area contributed by atoms with E-state index in [4.69, 9.17) is 4.74 Å². The van der Waals surface area contributed by atoms with Crippen LogP contribution in [0.5, 0.6) is 0 Å². The first-order chi connectivity index (χ1) is 11.7. The Bertz CT molecular complexity index is 683. The molecule has 3 aliphatic heterocycles. The molecule has 0 aromatic heterocycles. The zero-order valence-electron chi connectivity index (χ0n) is 13.4. The van der Waals surface area contributed by atoms with E-state index in [1.807, 2.05) is 0 Å². The summed E-state index contributed by atoms with van der Waals surface area (Å²) in [6.45, 7) is 1.51. The summed E-state index contributed by atoms with van der Waals surface area (Å²) < 4.78 is 33.7. The lowest BCUT2D eigenvalue weighted by molar-refractivity contribution is 0.0412. The van der Waals surface area contributed by atoms with Crippen molar-refractivity contribution in [3.8, 4) is 0 Å². The van der Waals surface area contributed by atoms with Crippen molar-refractivity contribution < 1.29 is 13.5 Å². The van der Waals surface area contributed by atoms with Crippen LogP contribution in [0, 0.1) is 11.6 Å². The first-order valence-corrected chi connectivity index (χ1v) is 8.55. The van der Waals surface area contributed by atoms with Gasteiger partial charge in [-0.05, 0) is 50.3 Å². The summed E-state index contributed by atoms with van der Waals surface area (Å²) in [5.41, 5.74) is 5.65. The Hall–Kier alpha value is -1.95. The Labute approximate surface area is 140 Å². The number of benzene rings is 1. The van der Waals surface area contributed by atoms with E-state index in [2.05, 4.69) is 15.4 Å². The second-order valence-electron chi connectivity index (χ2n) is 6.50. The van der Waals surface area contributed by atoms with Gasteiger partial charge in [-0.2, -0.15) is 5.10 Å². The van der Waals surface area contributed by atoms with Crippen molar-refractivity contribution in [3.05, 3.63) is 46.8 Å². The average Bonchev–Trinajstić information content (AvgIpc) is 3.26.